The van der Waals surface area contributed by atoms with Gasteiger partial charge in [-0.15, -0.1) is 0 Å². The number of rotatable bonds is 4. The van der Waals surface area contributed by atoms with Crippen molar-refractivity contribution in [2.75, 3.05) is 0 Å². The van der Waals surface area contributed by atoms with E-state index in [1.54, 1.807) is 0 Å². The number of carbonyl (C=O) groups excluding carboxylic acids is 1. The van der Waals surface area contributed by atoms with Crippen molar-refractivity contribution < 1.29 is 29.7 Å². The summed E-state index contributed by atoms with van der Waals surface area (Å²) >= 11 is 0. The number of benzene rings is 1. The fourth-order valence-electron chi connectivity index (χ4n) is 1.10. The first-order valence-corrected chi connectivity index (χ1v) is 4.43. The van der Waals surface area contributed by atoms with Gasteiger partial charge in [-0.2, -0.15) is 0 Å². The fourth-order valence-corrected chi connectivity index (χ4v) is 1.10. The van der Waals surface area contributed by atoms with Crippen molar-refractivity contribution in [1.29, 1.82) is 0 Å². The second kappa shape index (κ2) is 4.93. The fraction of sp³-hybridized carbons (Fsp3) is 0. The van der Waals surface area contributed by atoms with Gasteiger partial charge in [-0.05, 0) is 24.3 Å². The van der Waals surface area contributed by atoms with Crippen LogP contribution in [0.4, 0.5) is 0 Å². The SMILES string of the molecule is O=C(O)/C=C/C(=O)c1ccc(O)c(C(=O)O)c1. The van der Waals surface area contributed by atoms with Crippen molar-refractivity contribution in [3.05, 3.63) is 41.5 Å². The molecule has 6 heteroatoms. The number of hydrogen-bond acceptors (Lipinski definition) is 4. The number of ketones is 1. The zero-order valence-electron chi connectivity index (χ0n) is 8.45. The molecular formula is C11H8O6. The van der Waals surface area contributed by atoms with E-state index < -0.39 is 29.0 Å². The van der Waals surface area contributed by atoms with E-state index in [1.807, 2.05) is 0 Å². The predicted molar refractivity (Wildman–Crippen MR) is 56.2 cm³/mol. The molecule has 0 aliphatic rings. The van der Waals surface area contributed by atoms with Crippen molar-refractivity contribution in [3.8, 4) is 5.75 Å². The minimum Gasteiger partial charge on any atom is -0.507 e. The average molecular weight is 236 g/mol. The summed E-state index contributed by atoms with van der Waals surface area (Å²) in [6.07, 6.45) is 1.45. The number of phenols is 1. The lowest BCUT2D eigenvalue weighted by Gasteiger charge is -2.01. The number of carboxylic acids is 2. The van der Waals surface area contributed by atoms with E-state index in [4.69, 9.17) is 10.2 Å². The molecule has 0 unspecified atom stereocenters. The molecule has 0 saturated heterocycles. The third kappa shape index (κ3) is 3.16. The van der Waals surface area contributed by atoms with Gasteiger partial charge in [0, 0.05) is 11.6 Å². The van der Waals surface area contributed by atoms with E-state index in [9.17, 15) is 19.5 Å². The molecule has 1 rings (SSSR count). The Labute approximate surface area is 95.4 Å². The quantitative estimate of drug-likeness (QED) is 0.529. The van der Waals surface area contributed by atoms with Gasteiger partial charge in [0.15, 0.2) is 5.78 Å². The summed E-state index contributed by atoms with van der Waals surface area (Å²) in [5.74, 6) is -3.78. The molecule has 0 aliphatic heterocycles. The summed E-state index contributed by atoms with van der Waals surface area (Å²) in [5.41, 5.74) is -0.433. The zero-order chi connectivity index (χ0) is 13.0. The van der Waals surface area contributed by atoms with E-state index in [1.165, 1.54) is 6.07 Å². The third-order valence-electron chi connectivity index (χ3n) is 1.89. The van der Waals surface area contributed by atoms with Crippen LogP contribution in [0.3, 0.4) is 0 Å². The summed E-state index contributed by atoms with van der Waals surface area (Å²) in [6, 6.07) is 3.24. The largest absolute Gasteiger partial charge is 0.507 e. The van der Waals surface area contributed by atoms with Crippen LogP contribution in [0.25, 0.3) is 0 Å². The van der Waals surface area contributed by atoms with E-state index >= 15 is 0 Å². The molecule has 0 atom stereocenters. The van der Waals surface area contributed by atoms with Gasteiger partial charge in [0.2, 0.25) is 0 Å². The van der Waals surface area contributed by atoms with Crippen molar-refractivity contribution in [1.82, 2.24) is 0 Å². The summed E-state index contributed by atoms with van der Waals surface area (Å²) in [4.78, 5) is 32.3. The molecule has 17 heavy (non-hydrogen) atoms. The first-order chi connectivity index (χ1) is 7.91. The van der Waals surface area contributed by atoms with Crippen LogP contribution >= 0.6 is 0 Å². The molecule has 0 radical (unpaired) electrons. The number of aromatic carboxylic acids is 1. The Morgan fingerprint density at radius 3 is 2.24 bits per heavy atom. The Hall–Kier alpha value is -2.63. The lowest BCUT2D eigenvalue weighted by atomic mass is 10.1. The Balaban J connectivity index is 3.08. The molecule has 3 N–H and O–H groups in total. The maximum atomic E-state index is 11.4. The van der Waals surface area contributed by atoms with Crippen molar-refractivity contribution in [3.63, 3.8) is 0 Å². The topological polar surface area (TPSA) is 112 Å². The van der Waals surface area contributed by atoms with Gasteiger partial charge in [0.1, 0.15) is 11.3 Å². The number of aliphatic carboxylic acids is 1. The highest BCUT2D eigenvalue weighted by Crippen LogP contribution is 2.18. The molecule has 0 amide bonds. The molecular weight excluding hydrogens is 228 g/mol. The number of aromatic hydroxyl groups is 1. The molecule has 0 fully saturated rings. The highest BCUT2D eigenvalue weighted by molar-refractivity contribution is 6.08. The second-order valence-electron chi connectivity index (χ2n) is 3.07. The normalized spacial score (nSPS) is 10.4. The molecule has 1 aromatic rings. The molecule has 88 valence electrons. The van der Waals surface area contributed by atoms with Crippen LogP contribution in [-0.2, 0) is 4.79 Å². The van der Waals surface area contributed by atoms with Crippen LogP contribution in [0.2, 0.25) is 0 Å². The molecule has 0 heterocycles. The van der Waals surface area contributed by atoms with Crippen LogP contribution in [0.1, 0.15) is 20.7 Å². The third-order valence-corrected chi connectivity index (χ3v) is 1.89. The first kappa shape index (κ1) is 12.4. The smallest absolute Gasteiger partial charge is 0.339 e. The van der Waals surface area contributed by atoms with E-state index in [0.717, 1.165) is 18.2 Å². The van der Waals surface area contributed by atoms with Gasteiger partial charge < -0.3 is 15.3 Å². The summed E-state index contributed by atoms with van der Waals surface area (Å²) < 4.78 is 0. The van der Waals surface area contributed by atoms with Crippen LogP contribution in [0.5, 0.6) is 5.75 Å². The maximum absolute atomic E-state index is 11.4. The van der Waals surface area contributed by atoms with E-state index in [0.29, 0.717) is 6.08 Å². The Morgan fingerprint density at radius 2 is 1.71 bits per heavy atom. The van der Waals surface area contributed by atoms with Gasteiger partial charge >= 0.3 is 11.9 Å². The van der Waals surface area contributed by atoms with Crippen molar-refractivity contribution >= 4 is 17.7 Å². The number of carbonyl (C=O) groups is 3. The summed E-state index contributed by atoms with van der Waals surface area (Å²) in [7, 11) is 0. The van der Waals surface area contributed by atoms with Crippen LogP contribution in [-0.4, -0.2) is 33.0 Å². The highest BCUT2D eigenvalue weighted by atomic mass is 16.4. The molecule has 0 spiro atoms. The predicted octanol–water partition coefficient (Wildman–Crippen LogP) is 0.914. The number of allylic oxidation sites excluding steroid dienone is 1. The Morgan fingerprint density at radius 1 is 1.06 bits per heavy atom. The van der Waals surface area contributed by atoms with E-state index in [2.05, 4.69) is 0 Å². The van der Waals surface area contributed by atoms with Gasteiger partial charge in [-0.25, -0.2) is 9.59 Å². The van der Waals surface area contributed by atoms with Crippen molar-refractivity contribution in [2.45, 2.75) is 0 Å². The standard InChI is InChI=1S/C11H8O6/c12-8(3-4-10(14)15)6-1-2-9(13)7(5-6)11(16)17/h1-5,13H,(H,14,15)(H,16,17)/b4-3+. The second-order valence-corrected chi connectivity index (χ2v) is 3.07. The lowest BCUT2D eigenvalue weighted by molar-refractivity contribution is -0.131. The molecule has 0 saturated carbocycles. The van der Waals surface area contributed by atoms with Gasteiger partial charge in [0.05, 0.1) is 0 Å². The van der Waals surface area contributed by atoms with Gasteiger partial charge in [-0.3, -0.25) is 4.79 Å². The maximum Gasteiger partial charge on any atom is 0.339 e. The molecule has 6 nitrogen and oxygen atoms in total. The van der Waals surface area contributed by atoms with E-state index in [-0.39, 0.29) is 5.56 Å². The summed E-state index contributed by atoms with van der Waals surface area (Å²) in [6.45, 7) is 0. The van der Waals surface area contributed by atoms with Gasteiger partial charge in [0.25, 0.3) is 0 Å². The van der Waals surface area contributed by atoms with Crippen molar-refractivity contribution in [2.24, 2.45) is 0 Å². The minimum absolute atomic E-state index is 0.0160. The molecule has 1 aromatic carbocycles. The molecule has 0 aliphatic carbocycles. The molecule has 0 aromatic heterocycles. The van der Waals surface area contributed by atoms with Crippen LogP contribution < -0.4 is 0 Å². The Kier molecular flexibility index (Phi) is 3.61. The zero-order valence-corrected chi connectivity index (χ0v) is 8.45. The monoisotopic (exact) mass is 236 g/mol. The highest BCUT2D eigenvalue weighted by Gasteiger charge is 2.12. The lowest BCUT2D eigenvalue weighted by Crippen LogP contribution is -2.02. The van der Waals surface area contributed by atoms with Crippen LogP contribution in [0, 0.1) is 0 Å². The summed E-state index contributed by atoms with van der Waals surface area (Å²) in [5, 5.41) is 26.2. The average Bonchev–Trinajstić information content (AvgIpc) is 2.26. The first-order valence-electron chi connectivity index (χ1n) is 4.43. The van der Waals surface area contributed by atoms with Crippen LogP contribution in [0.15, 0.2) is 30.4 Å². The number of hydrogen-bond donors (Lipinski definition) is 3. The number of carboxylic acid groups (broad SMARTS) is 2. The minimum atomic E-state index is -1.38. The Bertz CT molecular complexity index is 515. The van der Waals surface area contributed by atoms with Gasteiger partial charge in [-0.1, -0.05) is 0 Å². The molecule has 0 bridgehead atoms.